The normalized spacial score (nSPS) is 13.9. The summed E-state index contributed by atoms with van der Waals surface area (Å²) in [6.07, 6.45) is 3.93. The molecule has 0 bridgehead atoms. The number of aryl methyl sites for hydroxylation is 2. The zero-order valence-corrected chi connectivity index (χ0v) is 18.2. The lowest BCUT2D eigenvalue weighted by atomic mass is 9.95. The van der Waals surface area contributed by atoms with Crippen LogP contribution in [0.1, 0.15) is 64.5 Å². The number of fused-ring (bicyclic) bond motifs is 1. The summed E-state index contributed by atoms with van der Waals surface area (Å²) in [6.45, 7) is 4.18. The maximum atomic E-state index is 13.1. The summed E-state index contributed by atoms with van der Waals surface area (Å²) >= 11 is 1.47. The van der Waals surface area contributed by atoms with Crippen molar-refractivity contribution in [1.29, 1.82) is 0 Å². The number of carbonyl (C=O) groups excluding carboxylic acids is 2. The number of hydrogen-bond donors (Lipinski definition) is 3. The summed E-state index contributed by atoms with van der Waals surface area (Å²) < 4.78 is 0. The third-order valence-electron chi connectivity index (χ3n) is 5.28. The van der Waals surface area contributed by atoms with Crippen molar-refractivity contribution < 1.29 is 19.5 Å². The van der Waals surface area contributed by atoms with Gasteiger partial charge in [-0.2, -0.15) is 0 Å². The van der Waals surface area contributed by atoms with E-state index in [0.29, 0.717) is 17.1 Å². The third-order valence-corrected chi connectivity index (χ3v) is 6.49. The van der Waals surface area contributed by atoms with Crippen molar-refractivity contribution in [1.82, 2.24) is 5.32 Å². The number of carbonyl (C=O) groups is 3. The first kappa shape index (κ1) is 22.0. The minimum atomic E-state index is -0.918. The van der Waals surface area contributed by atoms with Crippen LogP contribution in [0, 0.1) is 12.8 Å². The summed E-state index contributed by atoms with van der Waals surface area (Å²) in [5.41, 5.74) is 3.80. The van der Waals surface area contributed by atoms with Crippen LogP contribution in [0.3, 0.4) is 0 Å². The Balaban J connectivity index is 1.74. The monoisotopic (exact) mass is 428 g/mol. The van der Waals surface area contributed by atoms with Gasteiger partial charge in [-0.3, -0.25) is 14.4 Å². The molecule has 2 aromatic rings. The van der Waals surface area contributed by atoms with Crippen LogP contribution in [0.4, 0.5) is 5.00 Å². The van der Waals surface area contributed by atoms with Gasteiger partial charge in [-0.1, -0.05) is 36.8 Å². The van der Waals surface area contributed by atoms with E-state index in [4.69, 9.17) is 5.11 Å². The Hall–Kier alpha value is -2.67. The quantitative estimate of drug-likeness (QED) is 0.584. The Bertz CT molecular complexity index is 933. The Morgan fingerprint density at radius 2 is 1.80 bits per heavy atom. The number of nitrogens with one attached hydrogen (secondary N) is 2. The molecule has 1 unspecified atom stereocenters. The Kier molecular flexibility index (Phi) is 7.26. The largest absolute Gasteiger partial charge is 0.481 e. The van der Waals surface area contributed by atoms with Gasteiger partial charge in [0.05, 0.1) is 5.56 Å². The molecule has 6 nitrogen and oxygen atoms in total. The minimum Gasteiger partial charge on any atom is -0.481 e. The van der Waals surface area contributed by atoms with Crippen LogP contribution < -0.4 is 10.6 Å². The van der Waals surface area contributed by atoms with Gasteiger partial charge in [0.1, 0.15) is 5.00 Å². The van der Waals surface area contributed by atoms with Crippen molar-refractivity contribution in [2.24, 2.45) is 5.92 Å². The van der Waals surface area contributed by atoms with E-state index in [1.165, 1.54) is 16.9 Å². The van der Waals surface area contributed by atoms with Crippen molar-refractivity contribution in [2.45, 2.75) is 58.9 Å². The average molecular weight is 429 g/mol. The fourth-order valence-corrected chi connectivity index (χ4v) is 5.04. The van der Waals surface area contributed by atoms with Gasteiger partial charge >= 0.3 is 5.97 Å². The van der Waals surface area contributed by atoms with Gasteiger partial charge in [0, 0.05) is 24.3 Å². The molecule has 1 heterocycles. The SMILES string of the molecule is Cc1ccc(CNC(=O)c2c(NC(=O)CC(C)CC(=O)O)sc3c2CCCC3)cc1. The number of carboxylic acids is 1. The molecule has 1 aromatic heterocycles. The van der Waals surface area contributed by atoms with Gasteiger partial charge < -0.3 is 15.7 Å². The molecule has 2 amide bonds. The van der Waals surface area contributed by atoms with E-state index in [9.17, 15) is 14.4 Å². The lowest BCUT2D eigenvalue weighted by molar-refractivity contribution is -0.138. The van der Waals surface area contributed by atoms with Gasteiger partial charge in [-0.15, -0.1) is 11.3 Å². The molecule has 0 spiro atoms. The first-order valence-electron chi connectivity index (χ1n) is 10.3. The summed E-state index contributed by atoms with van der Waals surface area (Å²) in [6, 6.07) is 8.01. The molecule has 0 saturated heterocycles. The predicted octanol–water partition coefficient (Wildman–Crippen LogP) is 4.30. The smallest absolute Gasteiger partial charge is 0.303 e. The maximum Gasteiger partial charge on any atom is 0.303 e. The fourth-order valence-electron chi connectivity index (χ4n) is 3.74. The average Bonchev–Trinajstić information content (AvgIpc) is 3.04. The van der Waals surface area contributed by atoms with Crippen LogP contribution in [0.5, 0.6) is 0 Å². The highest BCUT2D eigenvalue weighted by molar-refractivity contribution is 7.17. The number of benzene rings is 1. The molecule has 160 valence electrons. The zero-order chi connectivity index (χ0) is 21.7. The van der Waals surface area contributed by atoms with Crippen molar-refractivity contribution in [3.8, 4) is 0 Å². The molecule has 0 saturated carbocycles. The lowest BCUT2D eigenvalue weighted by Crippen LogP contribution is -2.25. The molecule has 7 heteroatoms. The number of aliphatic carboxylic acids is 1. The lowest BCUT2D eigenvalue weighted by Gasteiger charge is -2.14. The third kappa shape index (κ3) is 5.69. The van der Waals surface area contributed by atoms with E-state index in [0.717, 1.165) is 41.7 Å². The number of amides is 2. The number of carboxylic acid groups (broad SMARTS) is 1. The second-order valence-corrected chi connectivity index (χ2v) is 9.14. The first-order valence-corrected chi connectivity index (χ1v) is 11.1. The number of thiophene rings is 1. The maximum absolute atomic E-state index is 13.1. The standard InChI is InChI=1S/C23H28N2O4S/c1-14-7-9-16(10-8-14)13-24-22(29)21-17-5-3-4-6-18(17)30-23(21)25-19(26)11-15(2)12-20(27)28/h7-10,15H,3-6,11-13H2,1-2H3,(H,24,29)(H,25,26)(H,27,28). The van der Waals surface area contributed by atoms with E-state index in [1.54, 1.807) is 6.92 Å². The van der Waals surface area contributed by atoms with Crippen molar-refractivity contribution in [2.75, 3.05) is 5.32 Å². The molecule has 1 aromatic carbocycles. The van der Waals surface area contributed by atoms with Crippen LogP contribution in [-0.2, 0) is 29.0 Å². The predicted molar refractivity (Wildman–Crippen MR) is 118 cm³/mol. The van der Waals surface area contributed by atoms with Crippen LogP contribution in [0.2, 0.25) is 0 Å². The topological polar surface area (TPSA) is 95.5 Å². The summed E-state index contributed by atoms with van der Waals surface area (Å²) in [7, 11) is 0. The van der Waals surface area contributed by atoms with Crippen molar-refractivity contribution in [3.63, 3.8) is 0 Å². The second kappa shape index (κ2) is 9.89. The highest BCUT2D eigenvalue weighted by Gasteiger charge is 2.26. The highest BCUT2D eigenvalue weighted by atomic mass is 32.1. The summed E-state index contributed by atoms with van der Waals surface area (Å²) in [4.78, 5) is 37.5. The van der Waals surface area contributed by atoms with Gasteiger partial charge in [-0.05, 0) is 49.7 Å². The second-order valence-electron chi connectivity index (χ2n) is 8.04. The number of hydrogen-bond acceptors (Lipinski definition) is 4. The summed E-state index contributed by atoms with van der Waals surface area (Å²) in [5.74, 6) is -1.62. The van der Waals surface area contributed by atoms with Crippen LogP contribution >= 0.6 is 11.3 Å². The van der Waals surface area contributed by atoms with E-state index in [2.05, 4.69) is 10.6 Å². The van der Waals surface area contributed by atoms with E-state index >= 15 is 0 Å². The molecule has 3 rings (SSSR count). The Morgan fingerprint density at radius 1 is 1.10 bits per heavy atom. The Labute approximate surface area is 180 Å². The van der Waals surface area contributed by atoms with E-state index in [-0.39, 0.29) is 30.6 Å². The first-order chi connectivity index (χ1) is 14.3. The molecular weight excluding hydrogens is 400 g/mol. The molecule has 0 radical (unpaired) electrons. The molecule has 30 heavy (non-hydrogen) atoms. The zero-order valence-electron chi connectivity index (χ0n) is 17.4. The fraction of sp³-hybridized carbons (Fsp3) is 0.435. The van der Waals surface area contributed by atoms with Crippen LogP contribution in [0.15, 0.2) is 24.3 Å². The van der Waals surface area contributed by atoms with Gasteiger partial charge in [0.25, 0.3) is 5.91 Å². The molecule has 1 atom stereocenters. The van der Waals surface area contributed by atoms with E-state index in [1.807, 2.05) is 31.2 Å². The Morgan fingerprint density at radius 3 is 2.50 bits per heavy atom. The van der Waals surface area contributed by atoms with Crippen LogP contribution in [0.25, 0.3) is 0 Å². The van der Waals surface area contributed by atoms with Crippen molar-refractivity contribution in [3.05, 3.63) is 51.4 Å². The van der Waals surface area contributed by atoms with Crippen LogP contribution in [-0.4, -0.2) is 22.9 Å². The van der Waals surface area contributed by atoms with Crippen molar-refractivity contribution >= 4 is 34.1 Å². The van der Waals surface area contributed by atoms with E-state index < -0.39 is 5.97 Å². The molecule has 1 aliphatic carbocycles. The molecular formula is C23H28N2O4S. The summed E-state index contributed by atoms with van der Waals surface area (Å²) in [5, 5.41) is 15.4. The van der Waals surface area contributed by atoms with Gasteiger partial charge in [-0.25, -0.2) is 0 Å². The molecule has 0 fully saturated rings. The highest BCUT2D eigenvalue weighted by Crippen LogP contribution is 2.38. The van der Waals surface area contributed by atoms with Gasteiger partial charge in [0.2, 0.25) is 5.91 Å². The molecule has 0 aliphatic heterocycles. The molecule has 1 aliphatic rings. The number of rotatable bonds is 8. The number of anilines is 1. The minimum absolute atomic E-state index is 0.0573. The van der Waals surface area contributed by atoms with Gasteiger partial charge in [0.15, 0.2) is 0 Å². The molecule has 3 N–H and O–H groups in total.